The zero-order chi connectivity index (χ0) is 16.9. The van der Waals surface area contributed by atoms with Crippen molar-refractivity contribution >= 4 is 28.1 Å². The molecule has 0 aromatic heterocycles. The zero-order valence-corrected chi connectivity index (χ0v) is 14.5. The minimum absolute atomic E-state index is 0.205. The van der Waals surface area contributed by atoms with E-state index in [0.29, 0.717) is 23.7 Å². The van der Waals surface area contributed by atoms with E-state index in [4.69, 9.17) is 14.2 Å². The Kier molecular flexibility index (Phi) is 5.00. The summed E-state index contributed by atoms with van der Waals surface area (Å²) in [6.07, 6.45) is 1.54. The zero-order valence-electron chi connectivity index (χ0n) is 12.9. The predicted octanol–water partition coefficient (Wildman–Crippen LogP) is 3.34. The van der Waals surface area contributed by atoms with Gasteiger partial charge in [0, 0.05) is 15.6 Å². The maximum Gasteiger partial charge on any atom is 0.271 e. The molecular weight excluding hydrogens is 376 g/mol. The van der Waals surface area contributed by atoms with Crippen LogP contribution in [0.15, 0.2) is 46.0 Å². The molecule has 2 aromatic carbocycles. The van der Waals surface area contributed by atoms with Crippen molar-refractivity contribution in [1.29, 1.82) is 0 Å². The van der Waals surface area contributed by atoms with Crippen LogP contribution in [-0.4, -0.2) is 25.5 Å². The molecule has 1 aliphatic rings. The highest BCUT2D eigenvalue weighted by atomic mass is 79.9. The van der Waals surface area contributed by atoms with E-state index in [0.717, 1.165) is 15.8 Å². The summed E-state index contributed by atoms with van der Waals surface area (Å²) >= 11 is 3.43. The van der Waals surface area contributed by atoms with Crippen LogP contribution in [0.2, 0.25) is 0 Å². The highest BCUT2D eigenvalue weighted by Gasteiger charge is 2.15. The number of ether oxygens (including phenoxy) is 3. The van der Waals surface area contributed by atoms with E-state index in [1.165, 1.54) is 0 Å². The van der Waals surface area contributed by atoms with Gasteiger partial charge < -0.3 is 14.2 Å². The van der Waals surface area contributed by atoms with Crippen LogP contribution in [0.5, 0.6) is 17.2 Å². The van der Waals surface area contributed by atoms with Gasteiger partial charge in [0.2, 0.25) is 6.79 Å². The lowest BCUT2D eigenvalue weighted by Crippen LogP contribution is -2.17. The third kappa shape index (κ3) is 3.68. The molecule has 124 valence electrons. The van der Waals surface area contributed by atoms with Gasteiger partial charge in [-0.3, -0.25) is 4.79 Å². The van der Waals surface area contributed by atoms with E-state index in [-0.39, 0.29) is 12.7 Å². The average Bonchev–Trinajstić information content (AvgIpc) is 3.03. The molecule has 1 N–H and O–H groups in total. The monoisotopic (exact) mass is 390 g/mol. The molecule has 6 nitrogen and oxygen atoms in total. The molecule has 0 bridgehead atoms. The van der Waals surface area contributed by atoms with Gasteiger partial charge in [0.15, 0.2) is 11.5 Å². The fourth-order valence-corrected chi connectivity index (χ4v) is 2.55. The SMILES string of the molecule is CCOc1ccc(C(=O)N/N=C/c2cc3c(cc2Br)OCO3)cc1. The van der Waals surface area contributed by atoms with Gasteiger partial charge in [0.25, 0.3) is 5.91 Å². The second-order valence-electron chi connectivity index (χ2n) is 4.88. The largest absolute Gasteiger partial charge is 0.494 e. The molecule has 0 fully saturated rings. The van der Waals surface area contributed by atoms with Crippen molar-refractivity contribution in [3.63, 3.8) is 0 Å². The molecule has 3 rings (SSSR count). The number of amides is 1. The molecular formula is C17H15BrN2O4. The number of nitrogens with zero attached hydrogens (tertiary/aromatic N) is 1. The molecule has 1 heterocycles. The van der Waals surface area contributed by atoms with E-state index in [1.54, 1.807) is 42.6 Å². The smallest absolute Gasteiger partial charge is 0.271 e. The van der Waals surface area contributed by atoms with Crippen molar-refractivity contribution in [1.82, 2.24) is 5.43 Å². The Morgan fingerprint density at radius 1 is 1.29 bits per heavy atom. The van der Waals surface area contributed by atoms with Crippen LogP contribution >= 0.6 is 15.9 Å². The standard InChI is InChI=1S/C17H15BrN2O4/c1-2-22-13-5-3-11(4-6-13)17(21)20-19-9-12-7-15-16(8-14(12)18)24-10-23-15/h3-9H,2,10H2,1H3,(H,20,21)/b19-9+. The average molecular weight is 391 g/mol. The van der Waals surface area contributed by atoms with Crippen LogP contribution in [-0.2, 0) is 0 Å². The normalized spacial score (nSPS) is 12.4. The Morgan fingerprint density at radius 3 is 2.71 bits per heavy atom. The number of hydrogen-bond donors (Lipinski definition) is 1. The van der Waals surface area contributed by atoms with Crippen LogP contribution < -0.4 is 19.6 Å². The topological polar surface area (TPSA) is 69.2 Å². The summed E-state index contributed by atoms with van der Waals surface area (Å²) in [5, 5.41) is 3.98. The number of benzene rings is 2. The maximum atomic E-state index is 12.1. The quantitative estimate of drug-likeness (QED) is 0.627. The number of halogens is 1. The third-order valence-corrected chi connectivity index (χ3v) is 3.98. The van der Waals surface area contributed by atoms with Gasteiger partial charge >= 0.3 is 0 Å². The molecule has 1 aliphatic heterocycles. The van der Waals surface area contributed by atoms with Crippen molar-refractivity contribution in [3.8, 4) is 17.2 Å². The van der Waals surface area contributed by atoms with E-state index in [1.807, 2.05) is 6.92 Å². The van der Waals surface area contributed by atoms with Crippen LogP contribution in [0.3, 0.4) is 0 Å². The lowest BCUT2D eigenvalue weighted by Gasteiger charge is -2.04. The summed E-state index contributed by atoms with van der Waals surface area (Å²) in [5.74, 6) is 1.75. The summed E-state index contributed by atoms with van der Waals surface area (Å²) in [5.41, 5.74) is 3.76. The molecule has 0 saturated carbocycles. The van der Waals surface area contributed by atoms with Gasteiger partial charge in [-0.25, -0.2) is 5.43 Å². The van der Waals surface area contributed by atoms with Gasteiger partial charge in [-0.05, 0) is 59.3 Å². The summed E-state index contributed by atoms with van der Waals surface area (Å²) in [6.45, 7) is 2.70. The lowest BCUT2D eigenvalue weighted by atomic mass is 10.2. The van der Waals surface area contributed by atoms with E-state index in [2.05, 4.69) is 26.5 Å². The Bertz CT molecular complexity index is 775. The Labute approximate surface area is 147 Å². The summed E-state index contributed by atoms with van der Waals surface area (Å²) in [6, 6.07) is 10.5. The third-order valence-electron chi connectivity index (χ3n) is 3.29. The molecule has 24 heavy (non-hydrogen) atoms. The number of rotatable bonds is 5. The van der Waals surface area contributed by atoms with E-state index in [9.17, 15) is 4.79 Å². The number of nitrogens with one attached hydrogen (secondary N) is 1. The first-order chi connectivity index (χ1) is 11.7. The van der Waals surface area contributed by atoms with E-state index >= 15 is 0 Å². The number of fused-ring (bicyclic) bond motifs is 1. The van der Waals surface area contributed by atoms with Gasteiger partial charge in [-0.1, -0.05) is 0 Å². The van der Waals surface area contributed by atoms with Crippen LogP contribution in [0, 0.1) is 0 Å². The van der Waals surface area contributed by atoms with E-state index < -0.39 is 0 Å². The van der Waals surface area contributed by atoms with Crippen molar-refractivity contribution < 1.29 is 19.0 Å². The molecule has 0 radical (unpaired) electrons. The van der Waals surface area contributed by atoms with Crippen molar-refractivity contribution in [2.24, 2.45) is 5.10 Å². The Hall–Kier alpha value is -2.54. The van der Waals surface area contributed by atoms with Gasteiger partial charge in [0.05, 0.1) is 12.8 Å². The first-order valence-corrected chi connectivity index (χ1v) is 8.12. The molecule has 0 aliphatic carbocycles. The number of carbonyl (C=O) groups is 1. The second-order valence-corrected chi connectivity index (χ2v) is 5.74. The fourth-order valence-electron chi connectivity index (χ4n) is 2.13. The molecule has 0 unspecified atom stereocenters. The van der Waals surface area contributed by atoms with Gasteiger partial charge in [-0.15, -0.1) is 0 Å². The second kappa shape index (κ2) is 7.35. The fraction of sp³-hybridized carbons (Fsp3) is 0.176. The highest BCUT2D eigenvalue weighted by molar-refractivity contribution is 9.10. The van der Waals surface area contributed by atoms with Crippen molar-refractivity contribution in [2.45, 2.75) is 6.92 Å². The number of carbonyl (C=O) groups excluding carboxylic acids is 1. The summed E-state index contributed by atoms with van der Waals surface area (Å²) in [7, 11) is 0. The van der Waals surface area contributed by atoms with Crippen molar-refractivity contribution in [2.75, 3.05) is 13.4 Å². The lowest BCUT2D eigenvalue weighted by molar-refractivity contribution is 0.0955. The molecule has 0 spiro atoms. The Balaban J connectivity index is 1.64. The summed E-state index contributed by atoms with van der Waals surface area (Å²) < 4.78 is 16.7. The Morgan fingerprint density at radius 2 is 2.00 bits per heavy atom. The first kappa shape index (κ1) is 16.3. The minimum Gasteiger partial charge on any atom is -0.494 e. The summed E-state index contributed by atoms with van der Waals surface area (Å²) in [4.78, 5) is 12.1. The minimum atomic E-state index is -0.300. The number of hydrazone groups is 1. The predicted molar refractivity (Wildman–Crippen MR) is 92.9 cm³/mol. The number of hydrogen-bond acceptors (Lipinski definition) is 5. The first-order valence-electron chi connectivity index (χ1n) is 7.33. The molecule has 1 amide bonds. The molecule has 0 saturated heterocycles. The van der Waals surface area contributed by atoms with Crippen LogP contribution in [0.1, 0.15) is 22.8 Å². The molecule has 7 heteroatoms. The van der Waals surface area contributed by atoms with Gasteiger partial charge in [-0.2, -0.15) is 5.10 Å². The van der Waals surface area contributed by atoms with Crippen LogP contribution in [0.4, 0.5) is 0 Å². The van der Waals surface area contributed by atoms with Gasteiger partial charge in [0.1, 0.15) is 5.75 Å². The molecule has 0 atom stereocenters. The van der Waals surface area contributed by atoms with Crippen molar-refractivity contribution in [3.05, 3.63) is 52.0 Å². The van der Waals surface area contributed by atoms with Crippen LogP contribution in [0.25, 0.3) is 0 Å². The molecule has 2 aromatic rings. The highest BCUT2D eigenvalue weighted by Crippen LogP contribution is 2.36. The maximum absolute atomic E-state index is 12.1.